The summed E-state index contributed by atoms with van der Waals surface area (Å²) in [5.74, 6) is 0. The number of alkyl halides is 3. The van der Waals surface area contributed by atoms with Gasteiger partial charge in [-0.3, -0.25) is 0 Å². The molecule has 1 atom stereocenters. The molecule has 0 radical (unpaired) electrons. The van der Waals surface area contributed by atoms with Gasteiger partial charge in [0.2, 0.25) is 0 Å². The Labute approximate surface area is 91.9 Å². The van der Waals surface area contributed by atoms with Gasteiger partial charge in [-0.15, -0.1) is 0 Å². The van der Waals surface area contributed by atoms with Crippen molar-refractivity contribution >= 4 is 0 Å². The molecule has 0 spiro atoms. The van der Waals surface area contributed by atoms with Crippen LogP contribution < -0.4 is 5.73 Å². The van der Waals surface area contributed by atoms with Crippen LogP contribution in [0.3, 0.4) is 0 Å². The van der Waals surface area contributed by atoms with Crippen molar-refractivity contribution in [1.29, 1.82) is 0 Å². The molecule has 0 aromatic heterocycles. The third kappa shape index (κ3) is 3.21. The fourth-order valence-electron chi connectivity index (χ4n) is 1.50. The predicted molar refractivity (Wildman–Crippen MR) is 54.8 cm³/mol. The number of hydrogen-bond donors (Lipinski definition) is 2. The lowest BCUT2D eigenvalue weighted by Gasteiger charge is -2.18. The second-order valence-corrected chi connectivity index (χ2v) is 3.54. The fraction of sp³-hybridized carbons (Fsp3) is 0.455. The van der Waals surface area contributed by atoms with E-state index in [1.165, 1.54) is 12.1 Å². The van der Waals surface area contributed by atoms with Crippen molar-refractivity contribution in [3.05, 3.63) is 35.4 Å². The Morgan fingerprint density at radius 3 is 2.44 bits per heavy atom. The average Bonchev–Trinajstić information content (AvgIpc) is 2.24. The van der Waals surface area contributed by atoms with Gasteiger partial charge in [0.1, 0.15) is 0 Å². The first-order valence-electron chi connectivity index (χ1n) is 4.99. The topological polar surface area (TPSA) is 46.2 Å². The molecule has 0 saturated heterocycles. The van der Waals surface area contributed by atoms with Gasteiger partial charge >= 0.3 is 6.18 Å². The summed E-state index contributed by atoms with van der Waals surface area (Å²) in [7, 11) is 0. The fourth-order valence-corrected chi connectivity index (χ4v) is 1.50. The van der Waals surface area contributed by atoms with Crippen molar-refractivity contribution in [2.45, 2.75) is 25.1 Å². The summed E-state index contributed by atoms with van der Waals surface area (Å²) in [5.41, 5.74) is 5.72. The van der Waals surface area contributed by atoms with Crippen molar-refractivity contribution in [3.63, 3.8) is 0 Å². The minimum Gasteiger partial charge on any atom is -0.379 e. The van der Waals surface area contributed by atoms with E-state index in [4.69, 9.17) is 5.73 Å². The van der Waals surface area contributed by atoms with Crippen LogP contribution in [0.15, 0.2) is 24.3 Å². The minimum absolute atomic E-state index is 0.0801. The molecule has 0 fully saturated rings. The Bertz CT molecular complexity index is 338. The van der Waals surface area contributed by atoms with Crippen molar-refractivity contribution in [3.8, 4) is 0 Å². The van der Waals surface area contributed by atoms with Crippen molar-refractivity contribution in [2.75, 3.05) is 6.54 Å². The molecule has 5 heteroatoms. The van der Waals surface area contributed by atoms with Crippen LogP contribution in [0.4, 0.5) is 13.2 Å². The average molecular weight is 233 g/mol. The molecule has 0 saturated carbocycles. The van der Waals surface area contributed by atoms with Crippen LogP contribution in [0.1, 0.15) is 23.7 Å². The molecule has 0 heterocycles. The molecule has 2 nitrogen and oxygen atoms in total. The van der Waals surface area contributed by atoms with Crippen LogP contribution >= 0.6 is 0 Å². The summed E-state index contributed by atoms with van der Waals surface area (Å²) >= 11 is 0. The maximum absolute atomic E-state index is 12.4. The third-order valence-corrected chi connectivity index (χ3v) is 2.31. The Kier molecular flexibility index (Phi) is 4.32. The van der Waals surface area contributed by atoms with Crippen LogP contribution in [-0.2, 0) is 6.42 Å². The molecule has 0 bridgehead atoms. The van der Waals surface area contributed by atoms with Gasteiger partial charge in [0.25, 0.3) is 0 Å². The highest BCUT2D eigenvalue weighted by molar-refractivity contribution is 5.30. The monoisotopic (exact) mass is 233 g/mol. The van der Waals surface area contributed by atoms with Gasteiger partial charge in [0, 0.05) is 0 Å². The maximum atomic E-state index is 12.4. The van der Waals surface area contributed by atoms with Gasteiger partial charge in [0.15, 0.2) is 6.10 Å². The maximum Gasteiger partial charge on any atom is 0.418 e. The predicted octanol–water partition coefficient (Wildman–Crippen LogP) is 2.17. The number of benzene rings is 1. The molecular formula is C11H14F3NO. The molecule has 90 valence electrons. The van der Waals surface area contributed by atoms with E-state index in [-0.39, 0.29) is 5.56 Å². The van der Waals surface area contributed by atoms with Crippen LogP contribution in [0.25, 0.3) is 0 Å². The zero-order chi connectivity index (χ0) is 12.2. The minimum atomic E-state index is -4.63. The zero-order valence-corrected chi connectivity index (χ0v) is 8.67. The quantitative estimate of drug-likeness (QED) is 0.837. The second kappa shape index (κ2) is 5.32. The van der Waals surface area contributed by atoms with E-state index in [9.17, 15) is 18.3 Å². The molecule has 3 N–H and O–H groups in total. The summed E-state index contributed by atoms with van der Waals surface area (Å²) in [6.45, 7) is 0.413. The van der Waals surface area contributed by atoms with Crippen molar-refractivity contribution < 1.29 is 18.3 Å². The van der Waals surface area contributed by atoms with E-state index >= 15 is 0 Å². The number of aryl methyl sites for hydroxylation is 1. The first kappa shape index (κ1) is 13.0. The molecule has 0 aliphatic rings. The highest BCUT2D eigenvalue weighted by Crippen LogP contribution is 2.34. The first-order chi connectivity index (χ1) is 7.46. The summed E-state index contributed by atoms with van der Waals surface area (Å²) in [5, 5.41) is 9.18. The van der Waals surface area contributed by atoms with E-state index in [0.717, 1.165) is 0 Å². The highest BCUT2D eigenvalue weighted by Gasteiger charge is 2.40. The van der Waals surface area contributed by atoms with Crippen LogP contribution in [0.2, 0.25) is 0 Å². The number of aliphatic hydroxyl groups is 1. The molecule has 1 rings (SSSR count). The summed E-state index contributed by atoms with van der Waals surface area (Å²) in [4.78, 5) is 0. The SMILES string of the molecule is NCCCc1ccccc1C(O)C(F)(F)F. The molecule has 1 aromatic carbocycles. The molecule has 0 amide bonds. The van der Waals surface area contributed by atoms with Gasteiger partial charge in [-0.1, -0.05) is 24.3 Å². The van der Waals surface area contributed by atoms with Crippen molar-refractivity contribution in [2.24, 2.45) is 5.73 Å². The Morgan fingerprint density at radius 1 is 1.25 bits per heavy atom. The summed E-state index contributed by atoms with van der Waals surface area (Å²) in [6, 6.07) is 6.01. The largest absolute Gasteiger partial charge is 0.418 e. The molecule has 0 aliphatic carbocycles. The Balaban J connectivity index is 2.94. The Morgan fingerprint density at radius 2 is 1.88 bits per heavy atom. The van der Waals surface area contributed by atoms with Crippen LogP contribution in [0, 0.1) is 0 Å². The van der Waals surface area contributed by atoms with Gasteiger partial charge in [-0.25, -0.2) is 0 Å². The smallest absolute Gasteiger partial charge is 0.379 e. The number of hydrogen-bond acceptors (Lipinski definition) is 2. The summed E-state index contributed by atoms with van der Waals surface area (Å²) < 4.78 is 37.1. The number of halogens is 3. The standard InChI is InChI=1S/C11H14F3NO/c12-11(13,14)10(16)9-6-2-1-4-8(9)5-3-7-15/h1-2,4,6,10,16H,3,5,7,15H2. The molecule has 16 heavy (non-hydrogen) atoms. The highest BCUT2D eigenvalue weighted by atomic mass is 19.4. The number of aliphatic hydroxyl groups excluding tert-OH is 1. The van der Waals surface area contributed by atoms with E-state index in [2.05, 4.69) is 0 Å². The van der Waals surface area contributed by atoms with Crippen molar-refractivity contribution in [1.82, 2.24) is 0 Å². The van der Waals surface area contributed by atoms with E-state index in [0.29, 0.717) is 24.9 Å². The second-order valence-electron chi connectivity index (χ2n) is 3.54. The number of rotatable bonds is 4. The molecular weight excluding hydrogens is 219 g/mol. The zero-order valence-electron chi connectivity index (χ0n) is 8.67. The van der Waals surface area contributed by atoms with Crippen LogP contribution in [0.5, 0.6) is 0 Å². The number of nitrogens with two attached hydrogens (primary N) is 1. The lowest BCUT2D eigenvalue weighted by atomic mass is 9.98. The molecule has 0 aliphatic heterocycles. The summed E-state index contributed by atoms with van der Waals surface area (Å²) in [6.07, 6.45) is -6.00. The lowest BCUT2D eigenvalue weighted by molar-refractivity contribution is -0.207. The van der Waals surface area contributed by atoms with E-state index < -0.39 is 12.3 Å². The third-order valence-electron chi connectivity index (χ3n) is 2.31. The lowest BCUT2D eigenvalue weighted by Crippen LogP contribution is -2.21. The molecule has 1 aromatic rings. The normalized spacial score (nSPS) is 13.8. The first-order valence-corrected chi connectivity index (χ1v) is 4.99. The van der Waals surface area contributed by atoms with Gasteiger partial charge in [-0.2, -0.15) is 13.2 Å². The van der Waals surface area contributed by atoms with Gasteiger partial charge < -0.3 is 10.8 Å². The van der Waals surface area contributed by atoms with Crippen LogP contribution in [-0.4, -0.2) is 17.8 Å². The van der Waals surface area contributed by atoms with Gasteiger partial charge in [0.05, 0.1) is 0 Å². The Hall–Kier alpha value is -1.07. The van der Waals surface area contributed by atoms with E-state index in [1.807, 2.05) is 0 Å². The van der Waals surface area contributed by atoms with E-state index in [1.54, 1.807) is 12.1 Å². The van der Waals surface area contributed by atoms with Gasteiger partial charge in [-0.05, 0) is 30.5 Å². The molecule has 1 unspecified atom stereocenters.